The summed E-state index contributed by atoms with van der Waals surface area (Å²) < 4.78 is 41.5. The molecule has 1 heterocycles. The van der Waals surface area contributed by atoms with E-state index in [-0.39, 0.29) is 12.3 Å². The van der Waals surface area contributed by atoms with Gasteiger partial charge in [-0.1, -0.05) is 0 Å². The van der Waals surface area contributed by atoms with E-state index in [9.17, 15) is 13.2 Å². The third-order valence-corrected chi connectivity index (χ3v) is 1.63. The lowest BCUT2D eigenvalue weighted by Crippen LogP contribution is -2.11. The summed E-state index contributed by atoms with van der Waals surface area (Å²) in [5.41, 5.74) is 4.72. The molecule has 0 atom stereocenters. The highest BCUT2D eigenvalue weighted by Gasteiger charge is 2.36. The molecule has 3 nitrogen and oxygen atoms in total. The van der Waals surface area contributed by atoms with Crippen LogP contribution in [0.4, 0.5) is 13.2 Å². The maximum atomic E-state index is 12.3. The van der Waals surface area contributed by atoms with E-state index >= 15 is 0 Å². The minimum absolute atomic E-state index is 0.126. The van der Waals surface area contributed by atoms with Crippen LogP contribution in [-0.4, -0.2) is 12.1 Å². The van der Waals surface area contributed by atoms with Crippen LogP contribution in [0.1, 0.15) is 11.3 Å². The molecule has 0 aromatic carbocycles. The second-order valence-corrected chi connectivity index (χ2v) is 2.60. The number of nitrogens with two attached hydrogens (primary N) is 1. The predicted octanol–water partition coefficient (Wildman–Crippen LogP) is 1.57. The second-order valence-electron chi connectivity index (χ2n) is 2.60. The van der Waals surface area contributed by atoms with E-state index in [1.165, 1.54) is 6.07 Å². The standard InChI is InChI=1S/C8H9F3N2O/c1-14-6-2-5(3-12)4-13-7(6)8(9,10)11/h2,4H,3,12H2,1H3. The van der Waals surface area contributed by atoms with Gasteiger partial charge in [-0.2, -0.15) is 13.2 Å². The average molecular weight is 206 g/mol. The average Bonchev–Trinajstić information content (AvgIpc) is 2.15. The number of methoxy groups -OCH3 is 1. The van der Waals surface area contributed by atoms with E-state index in [0.29, 0.717) is 5.56 Å². The Labute approximate surface area is 78.7 Å². The molecule has 0 amide bonds. The van der Waals surface area contributed by atoms with Crippen LogP contribution in [0.25, 0.3) is 0 Å². The fraction of sp³-hybridized carbons (Fsp3) is 0.375. The van der Waals surface area contributed by atoms with E-state index in [4.69, 9.17) is 5.73 Å². The summed E-state index contributed by atoms with van der Waals surface area (Å²) in [6.45, 7) is 0.126. The molecule has 0 saturated heterocycles. The molecule has 0 aliphatic rings. The fourth-order valence-corrected chi connectivity index (χ4v) is 0.965. The van der Waals surface area contributed by atoms with Crippen molar-refractivity contribution in [3.8, 4) is 5.75 Å². The molecule has 2 N–H and O–H groups in total. The quantitative estimate of drug-likeness (QED) is 0.798. The lowest BCUT2D eigenvalue weighted by molar-refractivity contribution is -0.142. The summed E-state index contributed by atoms with van der Waals surface area (Å²) >= 11 is 0. The molecule has 0 bridgehead atoms. The zero-order valence-corrected chi connectivity index (χ0v) is 7.43. The number of pyridine rings is 1. The van der Waals surface area contributed by atoms with Crippen LogP contribution >= 0.6 is 0 Å². The van der Waals surface area contributed by atoms with E-state index in [1.807, 2.05) is 0 Å². The molecule has 0 unspecified atom stereocenters. The van der Waals surface area contributed by atoms with Crippen molar-refractivity contribution in [2.45, 2.75) is 12.7 Å². The van der Waals surface area contributed by atoms with Crippen molar-refractivity contribution < 1.29 is 17.9 Å². The monoisotopic (exact) mass is 206 g/mol. The van der Waals surface area contributed by atoms with Gasteiger partial charge >= 0.3 is 6.18 Å². The number of ether oxygens (including phenoxy) is 1. The number of hydrogen-bond donors (Lipinski definition) is 1. The smallest absolute Gasteiger partial charge is 0.437 e. The molecule has 0 fully saturated rings. The zero-order valence-electron chi connectivity index (χ0n) is 7.43. The SMILES string of the molecule is COc1cc(CN)cnc1C(F)(F)F. The predicted molar refractivity (Wildman–Crippen MR) is 43.7 cm³/mol. The second kappa shape index (κ2) is 3.83. The number of aromatic nitrogens is 1. The van der Waals surface area contributed by atoms with Crippen LogP contribution in [0.3, 0.4) is 0 Å². The number of rotatable bonds is 2. The maximum absolute atomic E-state index is 12.3. The van der Waals surface area contributed by atoms with Crippen LogP contribution in [0.2, 0.25) is 0 Å². The molecule has 0 radical (unpaired) electrons. The maximum Gasteiger partial charge on any atom is 0.437 e. The first kappa shape index (κ1) is 10.8. The molecular weight excluding hydrogens is 197 g/mol. The van der Waals surface area contributed by atoms with Crippen molar-refractivity contribution in [3.63, 3.8) is 0 Å². The normalized spacial score (nSPS) is 11.5. The summed E-state index contributed by atoms with van der Waals surface area (Å²) in [5, 5.41) is 0. The first-order chi connectivity index (χ1) is 6.49. The Hall–Kier alpha value is -1.30. The van der Waals surface area contributed by atoms with Crippen LogP contribution in [0.5, 0.6) is 5.75 Å². The molecule has 0 aliphatic heterocycles. The van der Waals surface area contributed by atoms with Gasteiger partial charge in [-0.25, -0.2) is 4.98 Å². The van der Waals surface area contributed by atoms with E-state index in [1.54, 1.807) is 0 Å². The van der Waals surface area contributed by atoms with Crippen LogP contribution in [0.15, 0.2) is 12.3 Å². The van der Waals surface area contributed by atoms with Gasteiger partial charge in [0.05, 0.1) is 7.11 Å². The largest absolute Gasteiger partial charge is 0.494 e. The van der Waals surface area contributed by atoms with Gasteiger partial charge in [0.25, 0.3) is 0 Å². The molecule has 6 heteroatoms. The zero-order chi connectivity index (χ0) is 10.8. The number of hydrogen-bond acceptors (Lipinski definition) is 3. The topological polar surface area (TPSA) is 48.1 Å². The van der Waals surface area contributed by atoms with Gasteiger partial charge in [0.1, 0.15) is 5.75 Å². The molecule has 14 heavy (non-hydrogen) atoms. The van der Waals surface area contributed by atoms with Crippen LogP contribution in [-0.2, 0) is 12.7 Å². The van der Waals surface area contributed by atoms with Gasteiger partial charge in [-0.05, 0) is 11.6 Å². The summed E-state index contributed by atoms with van der Waals surface area (Å²) in [5.74, 6) is -0.305. The molecule has 0 saturated carbocycles. The summed E-state index contributed by atoms with van der Waals surface area (Å²) in [6.07, 6.45) is -3.41. The molecular formula is C8H9F3N2O. The van der Waals surface area contributed by atoms with Crippen molar-refractivity contribution in [1.29, 1.82) is 0 Å². The van der Waals surface area contributed by atoms with Crippen molar-refractivity contribution in [1.82, 2.24) is 4.98 Å². The molecule has 1 aromatic rings. The van der Waals surface area contributed by atoms with E-state index in [0.717, 1.165) is 13.3 Å². The molecule has 78 valence electrons. The number of nitrogens with zero attached hydrogens (tertiary/aromatic N) is 1. The highest BCUT2D eigenvalue weighted by Crippen LogP contribution is 2.34. The van der Waals surface area contributed by atoms with Gasteiger partial charge in [0.15, 0.2) is 5.69 Å². The van der Waals surface area contributed by atoms with Crippen molar-refractivity contribution in [2.24, 2.45) is 5.73 Å². The van der Waals surface area contributed by atoms with Crippen molar-refractivity contribution >= 4 is 0 Å². The lowest BCUT2D eigenvalue weighted by Gasteiger charge is -2.11. The Morgan fingerprint density at radius 3 is 2.57 bits per heavy atom. The van der Waals surface area contributed by atoms with Gasteiger partial charge < -0.3 is 10.5 Å². The third-order valence-electron chi connectivity index (χ3n) is 1.63. The van der Waals surface area contributed by atoms with Gasteiger partial charge in [-0.3, -0.25) is 0 Å². The minimum Gasteiger partial charge on any atom is -0.494 e. The first-order valence-electron chi connectivity index (χ1n) is 3.79. The Bertz CT molecular complexity index is 325. The first-order valence-corrected chi connectivity index (χ1v) is 3.79. The van der Waals surface area contributed by atoms with Crippen molar-refractivity contribution in [2.75, 3.05) is 7.11 Å². The van der Waals surface area contributed by atoms with Crippen LogP contribution in [0, 0.1) is 0 Å². The Morgan fingerprint density at radius 1 is 1.50 bits per heavy atom. The van der Waals surface area contributed by atoms with Gasteiger partial charge in [-0.15, -0.1) is 0 Å². The summed E-state index contributed by atoms with van der Waals surface area (Å²) in [7, 11) is 1.16. The van der Waals surface area contributed by atoms with Gasteiger partial charge in [0, 0.05) is 12.7 Å². The minimum atomic E-state index is -4.50. The lowest BCUT2D eigenvalue weighted by atomic mass is 10.2. The Kier molecular flexibility index (Phi) is 2.95. The van der Waals surface area contributed by atoms with Gasteiger partial charge in [0.2, 0.25) is 0 Å². The molecule has 0 spiro atoms. The highest BCUT2D eigenvalue weighted by atomic mass is 19.4. The highest BCUT2D eigenvalue weighted by molar-refractivity contribution is 5.33. The molecule has 1 aromatic heterocycles. The number of alkyl halides is 3. The summed E-state index contributed by atoms with van der Waals surface area (Å²) in [6, 6.07) is 1.23. The van der Waals surface area contributed by atoms with E-state index in [2.05, 4.69) is 9.72 Å². The van der Waals surface area contributed by atoms with Crippen molar-refractivity contribution in [3.05, 3.63) is 23.5 Å². The fourth-order valence-electron chi connectivity index (χ4n) is 0.965. The summed E-state index contributed by atoms with van der Waals surface area (Å²) in [4.78, 5) is 3.26. The molecule has 0 aliphatic carbocycles. The van der Waals surface area contributed by atoms with E-state index < -0.39 is 11.9 Å². The Morgan fingerprint density at radius 2 is 2.14 bits per heavy atom. The van der Waals surface area contributed by atoms with Crippen LogP contribution < -0.4 is 10.5 Å². The third kappa shape index (κ3) is 2.14. The Balaban J connectivity index is 3.18. The number of halogens is 3. The molecule has 1 rings (SSSR count).